The highest BCUT2D eigenvalue weighted by atomic mass is 16.6. The lowest BCUT2D eigenvalue weighted by Gasteiger charge is -2.10. The predicted octanol–water partition coefficient (Wildman–Crippen LogP) is 3.62. The number of benzene rings is 1. The average Bonchev–Trinajstić information content (AvgIpc) is 3.15. The molecule has 27 heavy (non-hydrogen) atoms. The number of hydrogen-bond donors (Lipinski definition) is 3. The Bertz CT molecular complexity index is 1100. The largest absolute Gasteiger partial charge is 0.366 e. The van der Waals surface area contributed by atoms with Crippen LogP contribution in [-0.4, -0.2) is 25.1 Å². The summed E-state index contributed by atoms with van der Waals surface area (Å²) in [5.74, 6) is 0.685. The van der Waals surface area contributed by atoms with E-state index in [4.69, 9.17) is 0 Å². The van der Waals surface area contributed by atoms with Gasteiger partial charge in [-0.05, 0) is 35.9 Å². The first kappa shape index (κ1) is 16.5. The first-order chi connectivity index (χ1) is 13.2. The van der Waals surface area contributed by atoms with E-state index in [1.165, 1.54) is 6.07 Å². The van der Waals surface area contributed by atoms with E-state index in [9.17, 15) is 10.1 Å². The SMILES string of the molecule is O=[N+]([O-])c1ccc(NCc2cccnc2)nc1Nc1ccc2cn[nH]c2c1. The van der Waals surface area contributed by atoms with Crippen LogP contribution in [0.4, 0.5) is 23.0 Å². The van der Waals surface area contributed by atoms with E-state index >= 15 is 0 Å². The van der Waals surface area contributed by atoms with E-state index in [0.717, 1.165) is 16.5 Å². The van der Waals surface area contributed by atoms with E-state index in [0.29, 0.717) is 18.1 Å². The van der Waals surface area contributed by atoms with Gasteiger partial charge in [-0.3, -0.25) is 20.2 Å². The minimum atomic E-state index is -0.463. The minimum Gasteiger partial charge on any atom is -0.366 e. The Morgan fingerprint density at radius 1 is 1.15 bits per heavy atom. The summed E-state index contributed by atoms with van der Waals surface area (Å²) < 4.78 is 0. The third-order valence-electron chi connectivity index (χ3n) is 3.97. The highest BCUT2D eigenvalue weighted by Crippen LogP contribution is 2.28. The van der Waals surface area contributed by atoms with E-state index in [2.05, 4.69) is 30.8 Å². The Morgan fingerprint density at radius 3 is 2.89 bits per heavy atom. The molecule has 0 aliphatic heterocycles. The molecule has 0 bridgehead atoms. The van der Waals surface area contributed by atoms with Gasteiger partial charge in [0.2, 0.25) is 5.82 Å². The molecule has 3 heterocycles. The number of rotatable bonds is 6. The van der Waals surface area contributed by atoms with Crippen LogP contribution in [0.2, 0.25) is 0 Å². The standard InChI is InChI=1S/C18H15N7O2/c26-25(27)16-5-6-17(20-10-12-2-1-7-19-9-12)23-18(16)22-14-4-3-13-11-21-24-15(13)8-14/h1-9,11H,10H2,(H,21,24)(H2,20,22,23). The van der Waals surface area contributed by atoms with Crippen LogP contribution in [0.1, 0.15) is 5.56 Å². The molecule has 0 amide bonds. The normalized spacial score (nSPS) is 10.7. The van der Waals surface area contributed by atoms with Crippen molar-refractivity contribution in [1.82, 2.24) is 20.2 Å². The second kappa shape index (κ2) is 7.08. The summed E-state index contributed by atoms with van der Waals surface area (Å²) in [7, 11) is 0. The molecule has 0 saturated heterocycles. The number of aromatic amines is 1. The summed E-state index contributed by atoms with van der Waals surface area (Å²) in [6.07, 6.45) is 5.16. The number of H-pyrrole nitrogens is 1. The summed E-state index contributed by atoms with van der Waals surface area (Å²) in [5, 5.41) is 25.3. The zero-order valence-corrected chi connectivity index (χ0v) is 14.1. The van der Waals surface area contributed by atoms with Gasteiger partial charge in [0.25, 0.3) is 0 Å². The Hall–Kier alpha value is -4.01. The maximum absolute atomic E-state index is 11.4. The average molecular weight is 361 g/mol. The van der Waals surface area contributed by atoms with Gasteiger partial charge in [0.05, 0.1) is 16.6 Å². The van der Waals surface area contributed by atoms with Gasteiger partial charge in [-0.15, -0.1) is 0 Å². The van der Waals surface area contributed by atoms with Gasteiger partial charge in [-0.1, -0.05) is 6.07 Å². The van der Waals surface area contributed by atoms with Crippen LogP contribution in [0, 0.1) is 10.1 Å². The van der Waals surface area contributed by atoms with Crippen LogP contribution in [0.15, 0.2) is 61.1 Å². The van der Waals surface area contributed by atoms with E-state index in [1.54, 1.807) is 24.7 Å². The van der Waals surface area contributed by atoms with Crippen molar-refractivity contribution < 1.29 is 4.92 Å². The van der Waals surface area contributed by atoms with E-state index in [1.807, 2.05) is 30.3 Å². The van der Waals surface area contributed by atoms with E-state index < -0.39 is 4.92 Å². The van der Waals surface area contributed by atoms with Gasteiger partial charge in [0.15, 0.2) is 0 Å². The molecule has 3 N–H and O–H groups in total. The molecule has 4 aromatic rings. The highest BCUT2D eigenvalue weighted by molar-refractivity contribution is 5.83. The van der Waals surface area contributed by atoms with Crippen LogP contribution < -0.4 is 10.6 Å². The summed E-state index contributed by atoms with van der Waals surface area (Å²) in [6, 6.07) is 12.3. The van der Waals surface area contributed by atoms with Gasteiger partial charge in [0.1, 0.15) is 5.82 Å². The molecule has 0 fully saturated rings. The molecule has 0 spiro atoms. The Balaban J connectivity index is 1.59. The fourth-order valence-corrected chi connectivity index (χ4v) is 2.64. The smallest absolute Gasteiger partial charge is 0.311 e. The number of fused-ring (bicyclic) bond motifs is 1. The lowest BCUT2D eigenvalue weighted by Crippen LogP contribution is -2.05. The third kappa shape index (κ3) is 3.66. The summed E-state index contributed by atoms with van der Waals surface area (Å²) >= 11 is 0. The topological polar surface area (TPSA) is 122 Å². The first-order valence-electron chi connectivity index (χ1n) is 8.17. The van der Waals surface area contributed by atoms with Crippen molar-refractivity contribution in [3.8, 4) is 0 Å². The zero-order valence-electron chi connectivity index (χ0n) is 14.1. The molecule has 134 valence electrons. The number of pyridine rings is 2. The molecule has 0 aliphatic rings. The number of hydrogen-bond acceptors (Lipinski definition) is 7. The Labute approximate surface area is 153 Å². The first-order valence-corrected chi connectivity index (χ1v) is 8.17. The van der Waals surface area contributed by atoms with E-state index in [-0.39, 0.29) is 11.5 Å². The fourth-order valence-electron chi connectivity index (χ4n) is 2.64. The molecule has 3 aromatic heterocycles. The predicted molar refractivity (Wildman–Crippen MR) is 102 cm³/mol. The van der Waals surface area contributed by atoms with Crippen LogP contribution in [0.3, 0.4) is 0 Å². The maximum atomic E-state index is 11.4. The van der Waals surface area contributed by atoms with Gasteiger partial charge in [-0.2, -0.15) is 5.10 Å². The lowest BCUT2D eigenvalue weighted by molar-refractivity contribution is -0.384. The summed E-state index contributed by atoms with van der Waals surface area (Å²) in [4.78, 5) is 19.3. The second-order valence-electron chi connectivity index (χ2n) is 5.83. The van der Waals surface area contributed by atoms with Gasteiger partial charge in [-0.25, -0.2) is 4.98 Å². The molecule has 0 radical (unpaired) electrons. The molecule has 0 atom stereocenters. The Kier molecular flexibility index (Phi) is 4.32. The number of nitrogens with one attached hydrogen (secondary N) is 3. The molecular weight excluding hydrogens is 346 g/mol. The van der Waals surface area contributed by atoms with Crippen LogP contribution in [0.25, 0.3) is 10.9 Å². The maximum Gasteiger partial charge on any atom is 0.311 e. The third-order valence-corrected chi connectivity index (χ3v) is 3.97. The molecular formula is C18H15N7O2. The Morgan fingerprint density at radius 2 is 2.07 bits per heavy atom. The van der Waals surface area contributed by atoms with Crippen molar-refractivity contribution in [3.05, 3.63) is 76.7 Å². The fraction of sp³-hybridized carbons (Fsp3) is 0.0556. The number of aromatic nitrogens is 4. The molecule has 0 unspecified atom stereocenters. The molecule has 4 rings (SSSR count). The molecule has 9 nitrogen and oxygen atoms in total. The van der Waals surface area contributed by atoms with Crippen LogP contribution >= 0.6 is 0 Å². The molecule has 0 aliphatic carbocycles. The molecule has 1 aromatic carbocycles. The van der Waals surface area contributed by atoms with Crippen molar-refractivity contribution in [3.63, 3.8) is 0 Å². The number of nitrogens with zero attached hydrogens (tertiary/aromatic N) is 4. The quantitative estimate of drug-likeness (QED) is 0.354. The second-order valence-corrected chi connectivity index (χ2v) is 5.83. The van der Waals surface area contributed by atoms with Gasteiger partial charge < -0.3 is 10.6 Å². The summed E-state index contributed by atoms with van der Waals surface area (Å²) in [5.41, 5.74) is 2.38. The molecule has 0 saturated carbocycles. The lowest BCUT2D eigenvalue weighted by atomic mass is 10.2. The number of anilines is 3. The minimum absolute atomic E-state index is 0.105. The highest BCUT2D eigenvalue weighted by Gasteiger charge is 2.16. The van der Waals surface area contributed by atoms with Crippen molar-refractivity contribution >= 4 is 33.9 Å². The monoisotopic (exact) mass is 361 g/mol. The van der Waals surface area contributed by atoms with Crippen molar-refractivity contribution in [2.75, 3.05) is 10.6 Å². The van der Waals surface area contributed by atoms with Crippen molar-refractivity contribution in [1.29, 1.82) is 0 Å². The van der Waals surface area contributed by atoms with Gasteiger partial charge >= 0.3 is 5.69 Å². The van der Waals surface area contributed by atoms with Crippen LogP contribution in [-0.2, 0) is 6.54 Å². The van der Waals surface area contributed by atoms with Crippen molar-refractivity contribution in [2.24, 2.45) is 0 Å². The van der Waals surface area contributed by atoms with Crippen LogP contribution in [0.5, 0.6) is 0 Å². The zero-order chi connectivity index (χ0) is 18.6. The number of nitro groups is 1. The summed E-state index contributed by atoms with van der Waals surface area (Å²) in [6.45, 7) is 0.512. The molecule has 9 heteroatoms. The van der Waals surface area contributed by atoms with Gasteiger partial charge in [0, 0.05) is 36.1 Å². The van der Waals surface area contributed by atoms with Crippen molar-refractivity contribution in [2.45, 2.75) is 6.54 Å².